The van der Waals surface area contributed by atoms with Gasteiger partial charge in [-0.3, -0.25) is 19.5 Å². The molecule has 40 heavy (non-hydrogen) atoms. The number of ether oxygens (including phenoxy) is 2. The van der Waals surface area contributed by atoms with E-state index < -0.39 is 5.91 Å². The zero-order valence-corrected chi connectivity index (χ0v) is 22.6. The second kappa shape index (κ2) is 12.3. The summed E-state index contributed by atoms with van der Waals surface area (Å²) in [6.45, 7) is 0.691. The maximum Gasteiger partial charge on any atom is 0.254 e. The Morgan fingerprint density at radius 2 is 1.82 bits per heavy atom. The molecule has 1 aromatic heterocycles. The standard InChI is InChI=1S/C30H28ClFN4O4/c1-39-25-14-6-20(7-15-25)27-18-36(24-12-10-23(32)11-13-24)30(33-27)34-28(37)19-35(17-26-3-2-16-40-26)29(38)21-4-8-22(31)9-5-21/h4-15,18,26H,2-3,16-17,19H2,1H3,(H,33,34,37)/t26-/m1/s1. The lowest BCUT2D eigenvalue weighted by molar-refractivity contribution is -0.117. The van der Waals surface area contributed by atoms with Crippen LogP contribution in [0.25, 0.3) is 16.9 Å². The van der Waals surface area contributed by atoms with Gasteiger partial charge in [-0.25, -0.2) is 9.37 Å². The van der Waals surface area contributed by atoms with Gasteiger partial charge in [-0.05, 0) is 85.6 Å². The Hall–Kier alpha value is -4.21. The zero-order valence-electron chi connectivity index (χ0n) is 21.8. The number of anilines is 1. The molecule has 1 saturated heterocycles. The van der Waals surface area contributed by atoms with Gasteiger partial charge in [0.1, 0.15) is 18.1 Å². The molecular formula is C30H28ClFN4O4. The predicted molar refractivity (Wildman–Crippen MR) is 150 cm³/mol. The first kappa shape index (κ1) is 27.4. The topological polar surface area (TPSA) is 85.7 Å². The number of rotatable bonds is 9. The molecule has 0 unspecified atom stereocenters. The quantitative estimate of drug-likeness (QED) is 0.287. The first-order valence-electron chi connectivity index (χ1n) is 12.9. The number of amides is 2. The number of nitrogens with zero attached hydrogens (tertiary/aromatic N) is 3. The number of hydrogen-bond donors (Lipinski definition) is 1. The molecule has 206 valence electrons. The molecule has 5 rings (SSSR count). The number of imidazole rings is 1. The van der Waals surface area contributed by atoms with Gasteiger partial charge in [-0.2, -0.15) is 0 Å². The van der Waals surface area contributed by atoms with E-state index in [1.54, 1.807) is 54.3 Å². The Kier molecular flexibility index (Phi) is 8.42. The summed E-state index contributed by atoms with van der Waals surface area (Å²) in [5, 5.41) is 3.36. The molecule has 2 heterocycles. The highest BCUT2D eigenvalue weighted by molar-refractivity contribution is 6.30. The predicted octanol–water partition coefficient (Wildman–Crippen LogP) is 5.60. The Labute approximate surface area is 236 Å². The smallest absolute Gasteiger partial charge is 0.254 e. The number of hydrogen-bond acceptors (Lipinski definition) is 5. The summed E-state index contributed by atoms with van der Waals surface area (Å²) in [4.78, 5) is 32.9. The van der Waals surface area contributed by atoms with Crippen LogP contribution in [0.2, 0.25) is 5.02 Å². The number of aromatic nitrogens is 2. The van der Waals surface area contributed by atoms with Crippen molar-refractivity contribution in [2.75, 3.05) is 32.1 Å². The Morgan fingerprint density at radius 1 is 1.10 bits per heavy atom. The van der Waals surface area contributed by atoms with Crippen molar-refractivity contribution in [3.05, 3.63) is 95.4 Å². The van der Waals surface area contributed by atoms with E-state index in [0.29, 0.717) is 34.3 Å². The minimum atomic E-state index is -0.435. The molecule has 0 radical (unpaired) electrons. The van der Waals surface area contributed by atoms with Gasteiger partial charge in [0.25, 0.3) is 5.91 Å². The molecule has 1 N–H and O–H groups in total. The SMILES string of the molecule is COc1ccc(-c2cn(-c3ccc(F)cc3)c(NC(=O)CN(C[C@H]3CCCO3)C(=O)c3ccc(Cl)cc3)n2)cc1. The summed E-state index contributed by atoms with van der Waals surface area (Å²) in [6.07, 6.45) is 3.33. The summed E-state index contributed by atoms with van der Waals surface area (Å²) in [5.41, 5.74) is 2.42. The van der Waals surface area contributed by atoms with Gasteiger partial charge >= 0.3 is 0 Å². The van der Waals surface area contributed by atoms with Gasteiger partial charge in [-0.15, -0.1) is 0 Å². The van der Waals surface area contributed by atoms with E-state index in [-0.39, 0.29) is 36.9 Å². The van der Waals surface area contributed by atoms with E-state index in [1.807, 2.05) is 24.3 Å². The molecule has 8 nitrogen and oxygen atoms in total. The number of carbonyl (C=O) groups is 2. The largest absolute Gasteiger partial charge is 0.497 e. The molecule has 4 aromatic rings. The van der Waals surface area contributed by atoms with E-state index in [4.69, 9.17) is 21.1 Å². The first-order chi connectivity index (χ1) is 19.4. The number of carbonyl (C=O) groups excluding carboxylic acids is 2. The fourth-order valence-electron chi connectivity index (χ4n) is 4.53. The van der Waals surface area contributed by atoms with Crippen LogP contribution in [0, 0.1) is 5.82 Å². The van der Waals surface area contributed by atoms with Crippen LogP contribution in [0.3, 0.4) is 0 Å². The number of methoxy groups -OCH3 is 1. The molecule has 1 aliphatic heterocycles. The molecule has 3 aromatic carbocycles. The van der Waals surface area contributed by atoms with Crippen molar-refractivity contribution >= 4 is 29.4 Å². The van der Waals surface area contributed by atoms with Gasteiger partial charge < -0.3 is 14.4 Å². The highest BCUT2D eigenvalue weighted by Crippen LogP contribution is 2.26. The summed E-state index contributed by atoms with van der Waals surface area (Å²) < 4.78 is 26.3. The second-order valence-electron chi connectivity index (χ2n) is 9.40. The molecule has 1 atom stereocenters. The first-order valence-corrected chi connectivity index (χ1v) is 13.2. The average molecular weight is 563 g/mol. The van der Waals surface area contributed by atoms with Crippen molar-refractivity contribution in [3.8, 4) is 22.7 Å². The fraction of sp³-hybridized carbons (Fsp3) is 0.233. The molecule has 0 saturated carbocycles. The average Bonchev–Trinajstić information content (AvgIpc) is 3.63. The molecule has 1 aliphatic rings. The maximum atomic E-state index is 13.6. The second-order valence-corrected chi connectivity index (χ2v) is 9.84. The van der Waals surface area contributed by atoms with E-state index in [2.05, 4.69) is 10.3 Å². The van der Waals surface area contributed by atoms with Crippen LogP contribution >= 0.6 is 11.6 Å². The molecule has 0 aliphatic carbocycles. The van der Waals surface area contributed by atoms with Crippen molar-refractivity contribution in [1.82, 2.24) is 14.5 Å². The highest BCUT2D eigenvalue weighted by Gasteiger charge is 2.26. The van der Waals surface area contributed by atoms with Gasteiger partial charge in [-0.1, -0.05) is 11.6 Å². The molecule has 0 spiro atoms. The van der Waals surface area contributed by atoms with Gasteiger partial charge in [0.15, 0.2) is 0 Å². The minimum Gasteiger partial charge on any atom is -0.497 e. The van der Waals surface area contributed by atoms with Gasteiger partial charge in [0, 0.05) is 41.2 Å². The lowest BCUT2D eigenvalue weighted by Gasteiger charge is -2.25. The minimum absolute atomic E-state index is 0.146. The molecular weight excluding hydrogens is 535 g/mol. The molecule has 2 amide bonds. The highest BCUT2D eigenvalue weighted by atomic mass is 35.5. The fourth-order valence-corrected chi connectivity index (χ4v) is 4.66. The van der Waals surface area contributed by atoms with E-state index in [9.17, 15) is 14.0 Å². The van der Waals surface area contributed by atoms with Crippen molar-refractivity contribution in [2.45, 2.75) is 18.9 Å². The summed E-state index contributed by atoms with van der Waals surface area (Å²) in [7, 11) is 1.59. The number of benzene rings is 3. The molecule has 1 fully saturated rings. The van der Waals surface area contributed by atoms with Gasteiger partial charge in [0.05, 0.1) is 18.9 Å². The van der Waals surface area contributed by atoms with Crippen molar-refractivity contribution in [2.24, 2.45) is 0 Å². The van der Waals surface area contributed by atoms with Crippen LogP contribution in [-0.4, -0.2) is 59.2 Å². The van der Waals surface area contributed by atoms with Crippen LogP contribution in [0.1, 0.15) is 23.2 Å². The molecule has 10 heteroatoms. The van der Waals surface area contributed by atoms with Crippen LogP contribution in [-0.2, 0) is 9.53 Å². The lowest BCUT2D eigenvalue weighted by atomic mass is 10.1. The van der Waals surface area contributed by atoms with Gasteiger partial charge in [0.2, 0.25) is 11.9 Å². The van der Waals surface area contributed by atoms with Crippen LogP contribution < -0.4 is 10.1 Å². The maximum absolute atomic E-state index is 13.6. The number of halogens is 2. The summed E-state index contributed by atoms with van der Waals surface area (Å²) in [5.74, 6) is -0.181. The Morgan fingerprint density at radius 3 is 2.48 bits per heavy atom. The Balaban J connectivity index is 1.41. The van der Waals surface area contributed by atoms with Crippen molar-refractivity contribution in [3.63, 3.8) is 0 Å². The van der Waals surface area contributed by atoms with Crippen LogP contribution in [0.4, 0.5) is 10.3 Å². The van der Waals surface area contributed by atoms with E-state index in [1.165, 1.54) is 17.0 Å². The third kappa shape index (κ3) is 6.50. The Bertz CT molecular complexity index is 1470. The van der Waals surface area contributed by atoms with Crippen LogP contribution in [0.15, 0.2) is 79.0 Å². The summed E-state index contributed by atoms with van der Waals surface area (Å²) in [6, 6.07) is 19.7. The normalized spacial score (nSPS) is 14.6. The molecule has 0 bridgehead atoms. The third-order valence-corrected chi connectivity index (χ3v) is 6.86. The van der Waals surface area contributed by atoms with Crippen molar-refractivity contribution < 1.29 is 23.5 Å². The monoisotopic (exact) mass is 562 g/mol. The summed E-state index contributed by atoms with van der Waals surface area (Å²) >= 11 is 6.00. The van der Waals surface area contributed by atoms with E-state index in [0.717, 1.165) is 18.4 Å². The number of nitrogens with one attached hydrogen (secondary N) is 1. The lowest BCUT2D eigenvalue weighted by Crippen LogP contribution is -2.42. The van der Waals surface area contributed by atoms with E-state index >= 15 is 0 Å². The van der Waals surface area contributed by atoms with Crippen molar-refractivity contribution in [1.29, 1.82) is 0 Å². The zero-order chi connectivity index (χ0) is 28.1. The van der Waals surface area contributed by atoms with Crippen LogP contribution in [0.5, 0.6) is 5.75 Å². The third-order valence-electron chi connectivity index (χ3n) is 6.61.